The van der Waals surface area contributed by atoms with Crippen LogP contribution in [0.4, 0.5) is 11.5 Å². The van der Waals surface area contributed by atoms with Gasteiger partial charge in [-0.15, -0.1) is 0 Å². The molecule has 0 aliphatic heterocycles. The van der Waals surface area contributed by atoms with Crippen LogP contribution in [0, 0.1) is 0 Å². The van der Waals surface area contributed by atoms with Gasteiger partial charge in [0.25, 0.3) is 5.91 Å². The molecule has 8 heteroatoms. The van der Waals surface area contributed by atoms with Crippen molar-refractivity contribution in [3.63, 3.8) is 0 Å². The van der Waals surface area contributed by atoms with Crippen molar-refractivity contribution in [2.75, 3.05) is 11.2 Å². The van der Waals surface area contributed by atoms with E-state index in [1.54, 1.807) is 18.3 Å². The zero-order valence-electron chi connectivity index (χ0n) is 13.2. The second-order valence-corrected chi connectivity index (χ2v) is 5.64. The first-order valence-corrected chi connectivity index (χ1v) is 7.97. The highest BCUT2D eigenvalue weighted by atomic mass is 16.5. The standard InChI is InChI=1S/C16H20N6O2/c17-13-14(21-22-15(23)11-5-4-8-18-9-11)19-10-20-16(13)24-12-6-2-1-3-7-12/h4-5,8-10,12H,1-3,6-7,17H2,(H,22,23)(H,19,20,21). The summed E-state index contributed by atoms with van der Waals surface area (Å²) in [6.45, 7) is 0. The molecule has 4 N–H and O–H groups in total. The molecule has 0 bridgehead atoms. The smallest absolute Gasteiger partial charge is 0.271 e. The second-order valence-electron chi connectivity index (χ2n) is 5.64. The van der Waals surface area contributed by atoms with Gasteiger partial charge in [-0.05, 0) is 37.8 Å². The van der Waals surface area contributed by atoms with Gasteiger partial charge < -0.3 is 10.5 Å². The number of rotatable bonds is 5. The summed E-state index contributed by atoms with van der Waals surface area (Å²) in [7, 11) is 0. The Balaban J connectivity index is 1.63. The van der Waals surface area contributed by atoms with Gasteiger partial charge in [-0.25, -0.2) is 4.98 Å². The number of anilines is 2. The minimum atomic E-state index is -0.337. The molecule has 1 aliphatic carbocycles. The number of amides is 1. The molecule has 2 aromatic heterocycles. The summed E-state index contributed by atoms with van der Waals surface area (Å²) in [6, 6.07) is 3.34. The number of pyridine rings is 1. The molecule has 8 nitrogen and oxygen atoms in total. The average molecular weight is 328 g/mol. The Morgan fingerprint density at radius 2 is 2.08 bits per heavy atom. The fourth-order valence-corrected chi connectivity index (χ4v) is 2.60. The highest BCUT2D eigenvalue weighted by molar-refractivity contribution is 5.94. The predicted octanol–water partition coefficient (Wildman–Crippen LogP) is 1.92. The van der Waals surface area contributed by atoms with Gasteiger partial charge in [0.05, 0.1) is 5.56 Å². The maximum absolute atomic E-state index is 12.0. The molecule has 3 rings (SSSR count). The molecule has 2 aromatic rings. The van der Waals surface area contributed by atoms with Gasteiger partial charge >= 0.3 is 0 Å². The minimum absolute atomic E-state index is 0.133. The molecule has 0 atom stereocenters. The van der Waals surface area contributed by atoms with E-state index in [0.717, 1.165) is 25.7 Å². The van der Waals surface area contributed by atoms with Crippen LogP contribution in [0.2, 0.25) is 0 Å². The summed E-state index contributed by atoms with van der Waals surface area (Å²) in [6.07, 6.45) is 10.1. The lowest BCUT2D eigenvalue weighted by Gasteiger charge is -2.23. The summed E-state index contributed by atoms with van der Waals surface area (Å²) in [5.41, 5.74) is 12.0. The third kappa shape index (κ3) is 3.89. The van der Waals surface area contributed by atoms with Gasteiger partial charge in [-0.1, -0.05) is 6.42 Å². The van der Waals surface area contributed by atoms with Crippen molar-refractivity contribution in [1.82, 2.24) is 20.4 Å². The van der Waals surface area contributed by atoms with Gasteiger partial charge in [-0.3, -0.25) is 20.6 Å². The van der Waals surface area contributed by atoms with Crippen LogP contribution >= 0.6 is 0 Å². The highest BCUT2D eigenvalue weighted by Crippen LogP contribution is 2.28. The Labute approximate surface area is 139 Å². The number of carbonyl (C=O) groups is 1. The number of carbonyl (C=O) groups excluding carboxylic acids is 1. The molecule has 0 radical (unpaired) electrons. The molecule has 0 saturated heterocycles. The topological polar surface area (TPSA) is 115 Å². The van der Waals surface area contributed by atoms with E-state index < -0.39 is 0 Å². The summed E-state index contributed by atoms with van der Waals surface area (Å²) in [4.78, 5) is 24.0. The average Bonchev–Trinajstić information content (AvgIpc) is 2.64. The maximum atomic E-state index is 12.0. The molecule has 0 aromatic carbocycles. The van der Waals surface area contributed by atoms with E-state index in [2.05, 4.69) is 25.8 Å². The van der Waals surface area contributed by atoms with Crippen molar-refractivity contribution in [2.45, 2.75) is 38.2 Å². The number of nitrogen functional groups attached to an aromatic ring is 1. The Morgan fingerprint density at radius 1 is 1.25 bits per heavy atom. The van der Waals surface area contributed by atoms with Gasteiger partial charge in [0.2, 0.25) is 5.88 Å². The van der Waals surface area contributed by atoms with Crippen LogP contribution in [0.25, 0.3) is 0 Å². The molecular formula is C16H20N6O2. The normalized spacial score (nSPS) is 14.8. The fraction of sp³-hybridized carbons (Fsp3) is 0.375. The second kappa shape index (κ2) is 7.58. The van der Waals surface area contributed by atoms with Crippen LogP contribution in [-0.2, 0) is 0 Å². The quantitative estimate of drug-likeness (QED) is 0.718. The minimum Gasteiger partial charge on any atom is -0.473 e. The largest absolute Gasteiger partial charge is 0.473 e. The van der Waals surface area contributed by atoms with Gasteiger partial charge in [0, 0.05) is 12.4 Å². The number of hydrogen-bond acceptors (Lipinski definition) is 7. The van der Waals surface area contributed by atoms with Crippen LogP contribution in [0.1, 0.15) is 42.5 Å². The lowest BCUT2D eigenvalue weighted by Crippen LogP contribution is -2.30. The third-order valence-electron chi connectivity index (χ3n) is 3.90. The van der Waals surface area contributed by atoms with Crippen LogP contribution in [-0.4, -0.2) is 27.0 Å². The Kier molecular flexibility index (Phi) is 5.05. The molecule has 1 saturated carbocycles. The van der Waals surface area contributed by atoms with Gasteiger partial charge in [0.1, 0.15) is 18.1 Å². The Bertz CT molecular complexity index is 688. The van der Waals surface area contributed by atoms with E-state index in [9.17, 15) is 4.79 Å². The number of nitrogens with zero attached hydrogens (tertiary/aromatic N) is 3. The molecule has 1 fully saturated rings. The van der Waals surface area contributed by atoms with Gasteiger partial charge in [0.15, 0.2) is 5.82 Å². The molecular weight excluding hydrogens is 308 g/mol. The monoisotopic (exact) mass is 328 g/mol. The summed E-state index contributed by atoms with van der Waals surface area (Å²) in [5, 5.41) is 0. The summed E-state index contributed by atoms with van der Waals surface area (Å²) >= 11 is 0. The van der Waals surface area contributed by atoms with Crippen molar-refractivity contribution in [3.8, 4) is 5.88 Å². The van der Waals surface area contributed by atoms with Crippen LogP contribution in [0.3, 0.4) is 0 Å². The van der Waals surface area contributed by atoms with Gasteiger partial charge in [-0.2, -0.15) is 4.98 Å². The van der Waals surface area contributed by atoms with Crippen molar-refractivity contribution in [2.24, 2.45) is 0 Å². The van der Waals surface area contributed by atoms with Crippen LogP contribution < -0.4 is 21.3 Å². The Morgan fingerprint density at radius 3 is 2.83 bits per heavy atom. The molecule has 24 heavy (non-hydrogen) atoms. The van der Waals surface area contributed by atoms with Crippen LogP contribution in [0.15, 0.2) is 30.9 Å². The van der Waals surface area contributed by atoms with E-state index in [1.165, 1.54) is 18.9 Å². The third-order valence-corrected chi connectivity index (χ3v) is 3.90. The van der Waals surface area contributed by atoms with E-state index in [0.29, 0.717) is 17.3 Å². The zero-order chi connectivity index (χ0) is 16.8. The molecule has 1 amide bonds. The SMILES string of the molecule is Nc1c(NNC(=O)c2cccnc2)ncnc1OC1CCCCC1. The van der Waals surface area contributed by atoms with E-state index in [4.69, 9.17) is 10.5 Å². The van der Waals surface area contributed by atoms with Crippen molar-refractivity contribution < 1.29 is 9.53 Å². The Hall–Kier alpha value is -2.90. The number of hydrogen-bond donors (Lipinski definition) is 3. The lowest BCUT2D eigenvalue weighted by molar-refractivity contribution is 0.0962. The summed E-state index contributed by atoms with van der Waals surface area (Å²) < 4.78 is 5.88. The lowest BCUT2D eigenvalue weighted by atomic mass is 9.98. The van der Waals surface area contributed by atoms with E-state index in [-0.39, 0.29) is 17.7 Å². The molecule has 0 spiro atoms. The maximum Gasteiger partial charge on any atom is 0.271 e. The van der Waals surface area contributed by atoms with E-state index >= 15 is 0 Å². The van der Waals surface area contributed by atoms with E-state index in [1.807, 2.05) is 0 Å². The van der Waals surface area contributed by atoms with Crippen molar-refractivity contribution >= 4 is 17.4 Å². The first kappa shape index (κ1) is 16.0. The first-order chi connectivity index (χ1) is 11.7. The van der Waals surface area contributed by atoms with Crippen molar-refractivity contribution in [1.29, 1.82) is 0 Å². The first-order valence-electron chi connectivity index (χ1n) is 7.97. The molecule has 2 heterocycles. The molecule has 0 unspecified atom stereocenters. The molecule has 126 valence electrons. The predicted molar refractivity (Wildman–Crippen MR) is 89.3 cm³/mol. The summed E-state index contributed by atoms with van der Waals surface area (Å²) in [5.74, 6) is 0.305. The molecule has 1 aliphatic rings. The zero-order valence-corrected chi connectivity index (χ0v) is 13.2. The number of nitrogens with one attached hydrogen (secondary N) is 2. The number of ether oxygens (including phenoxy) is 1. The van der Waals surface area contributed by atoms with Crippen LogP contribution in [0.5, 0.6) is 5.88 Å². The number of nitrogens with two attached hydrogens (primary N) is 1. The fourth-order valence-electron chi connectivity index (χ4n) is 2.60. The number of hydrazine groups is 1. The number of aromatic nitrogens is 3. The highest BCUT2D eigenvalue weighted by Gasteiger charge is 2.18. The van der Waals surface area contributed by atoms with Crippen molar-refractivity contribution in [3.05, 3.63) is 36.4 Å².